The van der Waals surface area contributed by atoms with Crippen LogP contribution in [0.2, 0.25) is 0 Å². The lowest BCUT2D eigenvalue weighted by Gasteiger charge is -2.33. The van der Waals surface area contributed by atoms with Gasteiger partial charge in [-0.25, -0.2) is 0 Å². The molecule has 0 aliphatic carbocycles. The molecule has 0 bridgehead atoms. The third kappa shape index (κ3) is 2.89. The van der Waals surface area contributed by atoms with E-state index in [2.05, 4.69) is 48.9 Å². The van der Waals surface area contributed by atoms with Gasteiger partial charge in [-0.2, -0.15) is 5.10 Å². The van der Waals surface area contributed by atoms with E-state index in [-0.39, 0.29) is 0 Å². The monoisotopic (exact) mass is 323 g/mol. The van der Waals surface area contributed by atoms with Gasteiger partial charge in [0.1, 0.15) is 12.4 Å². The minimum Gasteiger partial charge on any atom is -0.371 e. The standard InChI is InChI=1S/C17H21N7/c1-22-16(13-24-11-3-7-19-24)20-21-17(22)14-4-2-10-23(12-14)15-5-8-18-9-6-15/h3,5-9,11,14H,2,4,10,12-13H2,1H3/t14-/m0/s1. The van der Waals surface area contributed by atoms with Crippen LogP contribution in [0.3, 0.4) is 0 Å². The quantitative estimate of drug-likeness (QED) is 0.733. The fourth-order valence-electron chi connectivity index (χ4n) is 3.38. The Bertz CT molecular complexity index is 779. The van der Waals surface area contributed by atoms with E-state index in [1.807, 2.05) is 29.3 Å². The molecule has 4 rings (SSSR count). The zero-order valence-electron chi connectivity index (χ0n) is 13.8. The molecule has 0 amide bonds. The summed E-state index contributed by atoms with van der Waals surface area (Å²) < 4.78 is 4.00. The number of rotatable bonds is 4. The predicted molar refractivity (Wildman–Crippen MR) is 90.8 cm³/mol. The van der Waals surface area contributed by atoms with Crippen molar-refractivity contribution in [2.75, 3.05) is 18.0 Å². The summed E-state index contributed by atoms with van der Waals surface area (Å²) in [6.07, 6.45) is 9.74. The van der Waals surface area contributed by atoms with Gasteiger partial charge in [0.05, 0.1) is 0 Å². The first kappa shape index (κ1) is 14.9. The molecule has 0 unspecified atom stereocenters. The summed E-state index contributed by atoms with van der Waals surface area (Å²) >= 11 is 0. The van der Waals surface area contributed by atoms with Crippen molar-refractivity contribution in [1.29, 1.82) is 0 Å². The highest BCUT2D eigenvalue weighted by molar-refractivity contribution is 5.45. The summed E-state index contributed by atoms with van der Waals surface area (Å²) in [5.74, 6) is 2.40. The topological polar surface area (TPSA) is 64.7 Å². The van der Waals surface area contributed by atoms with E-state index in [9.17, 15) is 0 Å². The van der Waals surface area contributed by atoms with Crippen molar-refractivity contribution in [3.05, 3.63) is 54.6 Å². The van der Waals surface area contributed by atoms with Crippen LogP contribution in [0.1, 0.15) is 30.4 Å². The van der Waals surface area contributed by atoms with E-state index in [1.165, 1.54) is 5.69 Å². The second-order valence-electron chi connectivity index (χ2n) is 6.23. The second-order valence-corrected chi connectivity index (χ2v) is 6.23. The van der Waals surface area contributed by atoms with E-state index in [0.29, 0.717) is 12.5 Å². The Kier molecular flexibility index (Phi) is 3.98. The number of hydrogen-bond acceptors (Lipinski definition) is 5. The minimum atomic E-state index is 0.399. The van der Waals surface area contributed by atoms with E-state index in [1.54, 1.807) is 6.20 Å². The largest absolute Gasteiger partial charge is 0.371 e. The van der Waals surface area contributed by atoms with Crippen molar-refractivity contribution in [2.24, 2.45) is 7.05 Å². The molecule has 1 saturated heterocycles. The molecule has 1 atom stereocenters. The van der Waals surface area contributed by atoms with Crippen LogP contribution in [0.5, 0.6) is 0 Å². The lowest BCUT2D eigenvalue weighted by atomic mass is 9.96. The number of pyridine rings is 1. The lowest BCUT2D eigenvalue weighted by Crippen LogP contribution is -2.35. The van der Waals surface area contributed by atoms with Gasteiger partial charge in [0.25, 0.3) is 0 Å². The average molecular weight is 323 g/mol. The van der Waals surface area contributed by atoms with Crippen LogP contribution in [-0.2, 0) is 13.6 Å². The maximum Gasteiger partial charge on any atom is 0.154 e. The van der Waals surface area contributed by atoms with Gasteiger partial charge in [0.2, 0.25) is 0 Å². The van der Waals surface area contributed by atoms with Crippen molar-refractivity contribution in [3.63, 3.8) is 0 Å². The SMILES string of the molecule is Cn1c(Cn2cccn2)nnc1[C@H]1CCCN(c2ccncc2)C1. The Labute approximate surface area is 141 Å². The third-order valence-corrected chi connectivity index (χ3v) is 4.68. The maximum absolute atomic E-state index is 4.48. The van der Waals surface area contributed by atoms with Gasteiger partial charge >= 0.3 is 0 Å². The molecule has 3 aromatic heterocycles. The average Bonchev–Trinajstić information content (AvgIpc) is 3.27. The van der Waals surface area contributed by atoms with Crippen molar-refractivity contribution in [3.8, 4) is 0 Å². The molecule has 0 aromatic carbocycles. The van der Waals surface area contributed by atoms with Gasteiger partial charge in [-0.1, -0.05) is 0 Å². The van der Waals surface area contributed by atoms with E-state index in [4.69, 9.17) is 0 Å². The first-order valence-electron chi connectivity index (χ1n) is 8.32. The van der Waals surface area contributed by atoms with E-state index >= 15 is 0 Å². The molecule has 1 aliphatic rings. The highest BCUT2D eigenvalue weighted by atomic mass is 15.3. The van der Waals surface area contributed by atoms with E-state index in [0.717, 1.165) is 37.6 Å². The smallest absolute Gasteiger partial charge is 0.154 e. The lowest BCUT2D eigenvalue weighted by molar-refractivity contribution is 0.477. The van der Waals surface area contributed by atoms with Gasteiger partial charge in [0, 0.05) is 56.5 Å². The molecule has 0 saturated carbocycles. The van der Waals surface area contributed by atoms with Gasteiger partial charge < -0.3 is 9.47 Å². The summed E-state index contributed by atoms with van der Waals surface area (Å²) in [6, 6.07) is 6.06. The fraction of sp³-hybridized carbons (Fsp3) is 0.412. The Morgan fingerprint density at radius 2 is 2.04 bits per heavy atom. The van der Waals surface area contributed by atoms with Crippen LogP contribution in [0, 0.1) is 0 Å². The first-order valence-corrected chi connectivity index (χ1v) is 8.32. The van der Waals surface area contributed by atoms with Crippen molar-refractivity contribution in [1.82, 2.24) is 29.5 Å². The number of aromatic nitrogens is 6. The molecule has 0 radical (unpaired) electrons. The molecule has 3 aromatic rings. The molecular formula is C17H21N7. The predicted octanol–water partition coefficient (Wildman–Crippen LogP) is 1.84. The summed E-state index contributed by atoms with van der Waals surface area (Å²) in [7, 11) is 2.06. The van der Waals surface area contributed by atoms with Crippen molar-refractivity contribution in [2.45, 2.75) is 25.3 Å². The van der Waals surface area contributed by atoms with Gasteiger partial charge in [-0.05, 0) is 31.0 Å². The molecule has 1 aliphatic heterocycles. The number of anilines is 1. The number of nitrogens with zero attached hydrogens (tertiary/aromatic N) is 7. The zero-order chi connectivity index (χ0) is 16.4. The van der Waals surface area contributed by atoms with Crippen molar-refractivity contribution >= 4 is 5.69 Å². The maximum atomic E-state index is 4.48. The fourth-order valence-corrected chi connectivity index (χ4v) is 3.38. The minimum absolute atomic E-state index is 0.399. The Morgan fingerprint density at radius 3 is 2.83 bits per heavy atom. The van der Waals surface area contributed by atoms with Crippen LogP contribution >= 0.6 is 0 Å². The van der Waals surface area contributed by atoms with Crippen LogP contribution in [0.4, 0.5) is 5.69 Å². The summed E-state index contributed by atoms with van der Waals surface area (Å²) in [5, 5.41) is 13.1. The highest BCUT2D eigenvalue weighted by Gasteiger charge is 2.26. The molecule has 0 spiro atoms. The summed E-state index contributed by atoms with van der Waals surface area (Å²) in [4.78, 5) is 6.52. The Balaban J connectivity index is 1.52. The zero-order valence-corrected chi connectivity index (χ0v) is 13.8. The second kappa shape index (κ2) is 6.43. The molecule has 124 valence electrons. The molecule has 7 nitrogen and oxygen atoms in total. The highest BCUT2D eigenvalue weighted by Crippen LogP contribution is 2.28. The molecular weight excluding hydrogens is 302 g/mol. The van der Waals surface area contributed by atoms with Crippen LogP contribution < -0.4 is 4.90 Å². The Morgan fingerprint density at radius 1 is 1.17 bits per heavy atom. The molecule has 7 heteroatoms. The molecule has 0 N–H and O–H groups in total. The van der Waals surface area contributed by atoms with Crippen LogP contribution in [-0.4, -0.2) is 42.6 Å². The van der Waals surface area contributed by atoms with Crippen LogP contribution in [0.15, 0.2) is 43.0 Å². The summed E-state index contributed by atoms with van der Waals surface area (Å²) in [5.41, 5.74) is 1.23. The third-order valence-electron chi connectivity index (χ3n) is 4.68. The number of hydrogen-bond donors (Lipinski definition) is 0. The van der Waals surface area contributed by atoms with Gasteiger partial charge in [-0.3, -0.25) is 9.67 Å². The molecule has 4 heterocycles. The molecule has 24 heavy (non-hydrogen) atoms. The van der Waals surface area contributed by atoms with Gasteiger partial charge in [0.15, 0.2) is 5.82 Å². The first-order chi connectivity index (χ1) is 11.8. The number of piperidine rings is 1. The van der Waals surface area contributed by atoms with Gasteiger partial charge in [-0.15, -0.1) is 10.2 Å². The molecule has 1 fully saturated rings. The van der Waals surface area contributed by atoms with E-state index < -0.39 is 0 Å². The Hall–Kier alpha value is -2.70. The summed E-state index contributed by atoms with van der Waals surface area (Å²) in [6.45, 7) is 2.70. The van der Waals surface area contributed by atoms with Crippen molar-refractivity contribution < 1.29 is 0 Å². The normalized spacial score (nSPS) is 18.0. The van der Waals surface area contributed by atoms with Crippen LogP contribution in [0.25, 0.3) is 0 Å².